The normalized spacial score (nSPS) is 18.7. The van der Waals surface area contributed by atoms with Crippen LogP contribution in [0.4, 0.5) is 4.39 Å². The molecule has 16 heteroatoms. The van der Waals surface area contributed by atoms with E-state index in [1.165, 1.54) is 46.3 Å². The topological polar surface area (TPSA) is 241 Å². The Bertz CT molecular complexity index is 1140. The summed E-state index contributed by atoms with van der Waals surface area (Å²) in [6, 6.07) is -1.55. The van der Waals surface area contributed by atoms with Crippen molar-refractivity contribution in [2.75, 3.05) is 21.4 Å². The van der Waals surface area contributed by atoms with Crippen LogP contribution in [0.5, 0.6) is 0 Å². The number of hydrogen-bond donors (Lipinski definition) is 5. The number of rotatable bonds is 14. The van der Waals surface area contributed by atoms with Gasteiger partial charge in [-0.05, 0) is 75.5 Å². The summed E-state index contributed by atoms with van der Waals surface area (Å²) in [5, 5.41) is 23.0. The standard InChI is InChI=1S/C14H25NO3.C13H23NO3.C9H17NO2.C5H10O2.CH3F.Li.H2O/c1-4-10(2)13(16)15-12(14(17)18-3)11-8-6-5-7-9-11;1-3-9(2)12(15)14-11(13(16)17)10-7-5-4-6-8-10;1-12-9(11)8(10)7-5-3-2-4-6-7;1-3-4(2)5(6)7;1-2;;/h10-12H,4-9H2,1-3H3,(H,15,16);9-11H,3-8H2,1-2H3,(H,14,15)(H,16,17);7-8H,2-6,10H2,1H3;4H,3H2,1-2H3,(H,6,7);1H3;;1H2/q;;;;;+1;/p-1/t10-,12+;9-,11+;8-;4-;;;/m1101.../s1/i;;;;1D;;. The predicted octanol–water partition coefficient (Wildman–Crippen LogP) is 4.05. The van der Waals surface area contributed by atoms with Gasteiger partial charge in [0.1, 0.15) is 18.1 Å². The minimum Gasteiger partial charge on any atom is -0.870 e. The van der Waals surface area contributed by atoms with Gasteiger partial charge in [-0.1, -0.05) is 99.3 Å². The summed E-state index contributed by atoms with van der Waals surface area (Å²) in [5.74, 6) is -2.00. The Hall–Kier alpha value is -2.73. The van der Waals surface area contributed by atoms with Crippen molar-refractivity contribution in [3.63, 3.8) is 0 Å². The summed E-state index contributed by atoms with van der Waals surface area (Å²) in [4.78, 5) is 67.7. The third-order valence-electron chi connectivity index (χ3n) is 11.3. The van der Waals surface area contributed by atoms with Crippen LogP contribution in [-0.2, 0) is 38.2 Å². The molecule has 7 N–H and O–H groups in total. The molecule has 0 saturated heterocycles. The number of carboxylic acids is 2. The van der Waals surface area contributed by atoms with Crippen LogP contribution < -0.4 is 35.2 Å². The van der Waals surface area contributed by atoms with Crippen LogP contribution in [0.2, 0.25) is 0 Å². The van der Waals surface area contributed by atoms with E-state index in [1.807, 2.05) is 34.6 Å². The largest absolute Gasteiger partial charge is 1.00 e. The number of hydrogen-bond acceptors (Lipinski definition) is 10. The molecule has 0 aromatic heterocycles. The molecule has 3 fully saturated rings. The fourth-order valence-electron chi connectivity index (χ4n) is 6.77. The Labute approximate surface area is 361 Å². The summed E-state index contributed by atoms with van der Waals surface area (Å²) in [6.07, 6.45) is 18.8. The van der Waals surface area contributed by atoms with Crippen LogP contribution in [0.3, 0.4) is 0 Å². The second-order valence-electron chi connectivity index (χ2n) is 15.3. The average molecular weight is 829 g/mol. The molecule has 0 bridgehead atoms. The average Bonchev–Trinajstić information content (AvgIpc) is 3.24. The molecule has 0 aliphatic heterocycles. The van der Waals surface area contributed by atoms with Gasteiger partial charge in [0.2, 0.25) is 11.8 Å². The van der Waals surface area contributed by atoms with Gasteiger partial charge in [-0.25, -0.2) is 9.59 Å². The maximum Gasteiger partial charge on any atom is 1.00 e. The molecule has 6 atom stereocenters. The first-order valence-electron chi connectivity index (χ1n) is 21.5. The minimum absolute atomic E-state index is 0. The number of carboxylic acid groups (broad SMARTS) is 2. The third-order valence-corrected chi connectivity index (χ3v) is 11.3. The zero-order valence-corrected chi connectivity index (χ0v) is 37.2. The first-order valence-corrected chi connectivity index (χ1v) is 20.8. The van der Waals surface area contributed by atoms with Crippen molar-refractivity contribution >= 4 is 35.7 Å². The zero-order valence-electron chi connectivity index (χ0n) is 38.2. The number of ether oxygens (including phenoxy) is 2. The monoisotopic (exact) mass is 829 g/mol. The van der Waals surface area contributed by atoms with Gasteiger partial charge in [-0.3, -0.25) is 23.6 Å². The Kier molecular flexibility index (Phi) is 38.3. The van der Waals surface area contributed by atoms with E-state index in [2.05, 4.69) is 15.4 Å². The van der Waals surface area contributed by atoms with Gasteiger partial charge in [-0.15, -0.1) is 0 Å². The van der Waals surface area contributed by atoms with Crippen molar-refractivity contribution in [3.05, 3.63) is 0 Å². The Morgan fingerprint density at radius 1 is 0.621 bits per heavy atom. The van der Waals surface area contributed by atoms with E-state index in [0.717, 1.165) is 83.5 Å². The number of aliphatic carboxylic acids is 2. The molecular weight excluding hydrogens is 748 g/mol. The summed E-state index contributed by atoms with van der Waals surface area (Å²) < 4.78 is 24.9. The fourth-order valence-corrected chi connectivity index (χ4v) is 6.77. The molecule has 3 saturated carbocycles. The van der Waals surface area contributed by atoms with Crippen molar-refractivity contribution in [2.45, 2.75) is 175 Å². The van der Waals surface area contributed by atoms with Crippen LogP contribution in [0.15, 0.2) is 0 Å². The number of halogens is 1. The van der Waals surface area contributed by atoms with E-state index >= 15 is 0 Å². The number of methoxy groups -OCH3 is 2. The first-order chi connectivity index (χ1) is 27.0. The molecule has 0 unspecified atom stereocenters. The molecule has 3 aliphatic carbocycles. The fraction of sp³-hybridized carbons (Fsp3) is 0.857. The van der Waals surface area contributed by atoms with Crippen LogP contribution >= 0.6 is 0 Å². The van der Waals surface area contributed by atoms with Crippen molar-refractivity contribution in [1.29, 1.82) is 0 Å². The van der Waals surface area contributed by atoms with E-state index in [0.29, 0.717) is 5.92 Å². The van der Waals surface area contributed by atoms with Gasteiger partial charge in [-0.2, -0.15) is 0 Å². The number of carbonyl (C=O) groups is 6. The van der Waals surface area contributed by atoms with Crippen LogP contribution in [0, 0.1) is 35.5 Å². The number of nitrogens with two attached hydrogens (primary N) is 1. The molecule has 3 aliphatic rings. The van der Waals surface area contributed by atoms with E-state index < -0.39 is 37.2 Å². The van der Waals surface area contributed by atoms with Gasteiger partial charge in [0, 0.05) is 11.8 Å². The van der Waals surface area contributed by atoms with E-state index in [4.69, 9.17) is 16.9 Å². The van der Waals surface area contributed by atoms with Crippen LogP contribution in [0.25, 0.3) is 0 Å². The number of esters is 2. The molecule has 0 spiro atoms. The van der Waals surface area contributed by atoms with Gasteiger partial charge in [0.25, 0.3) is 0 Å². The third kappa shape index (κ3) is 25.7. The summed E-state index contributed by atoms with van der Waals surface area (Å²) in [6.45, 7) is 11.2. The van der Waals surface area contributed by atoms with E-state index in [-0.39, 0.29) is 77.7 Å². The summed E-state index contributed by atoms with van der Waals surface area (Å²) in [5.41, 5.74) is 5.73. The predicted molar refractivity (Wildman–Crippen MR) is 218 cm³/mol. The second kappa shape index (κ2) is 37.3. The summed E-state index contributed by atoms with van der Waals surface area (Å²) in [7, 11) is 1.78. The molecule has 0 radical (unpaired) electrons. The molecule has 0 heterocycles. The molecule has 14 nitrogen and oxygen atoms in total. The minimum atomic E-state index is -1.00. The molecule has 0 aromatic rings. The number of carbonyl (C=O) groups excluding carboxylic acids is 4. The Morgan fingerprint density at radius 3 is 1.21 bits per heavy atom. The van der Waals surface area contributed by atoms with Crippen molar-refractivity contribution in [3.8, 4) is 0 Å². The van der Waals surface area contributed by atoms with Gasteiger partial charge in [0.05, 0.1) is 28.7 Å². The first kappa shape index (κ1) is 59.6. The SMILES string of the molecule is CC[C@@H](C)C(=O)N[C@H](C(=O)O)C1CCCCC1.CC[C@@H](C)C(=O)N[C@H](C(=O)OC)C1CCCCC1.CC[C@@H](C)C(=O)O.COC(=O)[C@@H](N)C1CCCCC1.[2H]CF.[Li+].[OH-]. The molecule has 336 valence electrons. The number of amides is 2. The summed E-state index contributed by atoms with van der Waals surface area (Å²) >= 11 is 0. The zero-order chi connectivity index (χ0) is 43.9. The Morgan fingerprint density at radius 2 is 0.931 bits per heavy atom. The van der Waals surface area contributed by atoms with Crippen LogP contribution in [-0.4, -0.2) is 90.9 Å². The number of alkyl halides is 1. The Balaban J connectivity index is -0.000000344. The maximum absolute atomic E-state index is 11.9. The van der Waals surface area contributed by atoms with E-state index in [9.17, 15) is 38.3 Å². The van der Waals surface area contributed by atoms with Crippen molar-refractivity contribution < 1.29 is 78.6 Å². The number of nitrogens with one attached hydrogen (secondary N) is 2. The maximum atomic E-state index is 11.9. The van der Waals surface area contributed by atoms with Crippen molar-refractivity contribution in [2.24, 2.45) is 41.2 Å². The molecule has 58 heavy (non-hydrogen) atoms. The van der Waals surface area contributed by atoms with Gasteiger partial charge >= 0.3 is 42.7 Å². The smallest absolute Gasteiger partial charge is 0.870 e. The molecular formula is C42H79FLiN3O11. The van der Waals surface area contributed by atoms with Crippen LogP contribution in [0.1, 0.15) is 158 Å². The van der Waals surface area contributed by atoms with Gasteiger partial charge in [0.15, 0.2) is 0 Å². The quantitative estimate of drug-likeness (QED) is 0.123. The second-order valence-corrected chi connectivity index (χ2v) is 15.3. The molecule has 3 rings (SSSR count). The molecule has 2 amide bonds. The van der Waals surface area contributed by atoms with Crippen molar-refractivity contribution in [1.82, 2.24) is 10.6 Å². The molecule has 0 aromatic carbocycles. The van der Waals surface area contributed by atoms with Gasteiger partial charge < -0.3 is 41.5 Å². The van der Waals surface area contributed by atoms with E-state index in [1.54, 1.807) is 6.92 Å².